The van der Waals surface area contributed by atoms with Gasteiger partial charge in [-0.1, -0.05) is 6.92 Å². The topological polar surface area (TPSA) is 55.8 Å². The molecule has 0 spiro atoms. The first-order valence-electron chi connectivity index (χ1n) is 6.18. The van der Waals surface area contributed by atoms with E-state index in [1.54, 1.807) is 14.1 Å². The molecule has 0 fully saturated rings. The second kappa shape index (κ2) is 14.7. The average Bonchev–Trinajstić information content (AvgIpc) is 2.36. The van der Waals surface area contributed by atoms with E-state index in [4.69, 9.17) is 9.05 Å². The molecule has 0 radical (unpaired) electrons. The second-order valence-electron chi connectivity index (χ2n) is 3.38. The first-order chi connectivity index (χ1) is 8.95. The summed E-state index contributed by atoms with van der Waals surface area (Å²) in [7, 11) is 3.38. The number of nitrogens with zero attached hydrogens (tertiary/aromatic N) is 1. The molecule has 0 aliphatic carbocycles. The predicted molar refractivity (Wildman–Crippen MR) is 86.1 cm³/mol. The van der Waals surface area contributed by atoms with E-state index >= 15 is 0 Å². The van der Waals surface area contributed by atoms with Crippen LogP contribution in [0, 0.1) is 0 Å². The zero-order chi connectivity index (χ0) is 15.1. The number of carbonyl (C=O) groups excluding carboxylic acids is 1. The van der Waals surface area contributed by atoms with Crippen molar-refractivity contribution < 1.29 is 18.4 Å². The van der Waals surface area contributed by atoms with Crippen LogP contribution in [0.25, 0.3) is 0 Å². The van der Waals surface area contributed by atoms with Gasteiger partial charge in [-0.25, -0.2) is 4.57 Å². The van der Waals surface area contributed by atoms with Crippen molar-refractivity contribution in [1.29, 1.82) is 0 Å². The maximum absolute atomic E-state index is 11.9. The number of hydrogen-bond donors (Lipinski definition) is 0. The Kier molecular flexibility index (Phi) is 16.8. The van der Waals surface area contributed by atoms with E-state index in [9.17, 15) is 9.36 Å². The molecule has 19 heavy (non-hydrogen) atoms. The minimum absolute atomic E-state index is 0.436. The standard InChI is InChI=1S/C8H19O3PS2.C3H7NO/c1-4-10-12(9,11-5-2)14-8-7-13-6-3;1-4(2)3-5/h4-8H2,1-3H3;3H,1-2H3. The Morgan fingerprint density at radius 3 is 1.89 bits per heavy atom. The highest BCUT2D eigenvalue weighted by Gasteiger charge is 2.23. The van der Waals surface area contributed by atoms with Crippen molar-refractivity contribution in [2.75, 3.05) is 44.6 Å². The van der Waals surface area contributed by atoms with Crippen LogP contribution < -0.4 is 0 Å². The summed E-state index contributed by atoms with van der Waals surface area (Å²) < 4.78 is 22.2. The monoisotopic (exact) mass is 331 g/mol. The van der Waals surface area contributed by atoms with Crippen LogP contribution in [0.5, 0.6) is 0 Å². The molecular weight excluding hydrogens is 305 g/mol. The molecule has 0 rings (SSSR count). The maximum Gasteiger partial charge on any atom is 0.389 e. The molecule has 0 saturated carbocycles. The molecule has 0 unspecified atom stereocenters. The van der Waals surface area contributed by atoms with Gasteiger partial charge in [0.15, 0.2) is 0 Å². The van der Waals surface area contributed by atoms with Gasteiger partial charge < -0.3 is 13.9 Å². The van der Waals surface area contributed by atoms with E-state index in [1.807, 2.05) is 25.6 Å². The van der Waals surface area contributed by atoms with Crippen LogP contribution >= 0.6 is 29.9 Å². The molecule has 0 aromatic carbocycles. The lowest BCUT2D eigenvalue weighted by molar-refractivity contribution is -0.115. The fourth-order valence-corrected chi connectivity index (χ4v) is 5.34. The highest BCUT2D eigenvalue weighted by molar-refractivity contribution is 8.55. The van der Waals surface area contributed by atoms with Gasteiger partial charge in [-0.15, -0.1) is 0 Å². The Labute approximate surface area is 125 Å². The summed E-state index contributed by atoms with van der Waals surface area (Å²) in [6.07, 6.45) is 0.750. The molecule has 0 saturated heterocycles. The van der Waals surface area contributed by atoms with Crippen LogP contribution in [-0.4, -0.2) is 55.9 Å². The molecule has 8 heteroatoms. The summed E-state index contributed by atoms with van der Waals surface area (Å²) in [5.41, 5.74) is 0. The molecule has 0 aromatic rings. The van der Waals surface area contributed by atoms with Crippen molar-refractivity contribution in [2.45, 2.75) is 20.8 Å². The molecule has 5 nitrogen and oxygen atoms in total. The Bertz CT molecular complexity index is 245. The normalized spacial score (nSPS) is 10.6. The quantitative estimate of drug-likeness (QED) is 0.348. The van der Waals surface area contributed by atoms with Crippen LogP contribution in [0.2, 0.25) is 0 Å². The van der Waals surface area contributed by atoms with Crippen LogP contribution in [0.1, 0.15) is 20.8 Å². The van der Waals surface area contributed by atoms with E-state index in [2.05, 4.69) is 6.92 Å². The number of amides is 1. The van der Waals surface area contributed by atoms with E-state index in [1.165, 1.54) is 16.3 Å². The molecule has 0 bridgehead atoms. The Morgan fingerprint density at radius 1 is 1.11 bits per heavy atom. The van der Waals surface area contributed by atoms with Gasteiger partial charge in [-0.3, -0.25) is 4.79 Å². The van der Waals surface area contributed by atoms with Gasteiger partial charge in [0.05, 0.1) is 13.2 Å². The van der Waals surface area contributed by atoms with Gasteiger partial charge in [-0.05, 0) is 31.0 Å². The first kappa shape index (κ1) is 21.6. The van der Waals surface area contributed by atoms with E-state index in [-0.39, 0.29) is 0 Å². The van der Waals surface area contributed by atoms with Crippen LogP contribution in [0.4, 0.5) is 0 Å². The van der Waals surface area contributed by atoms with Gasteiger partial charge in [-0.2, -0.15) is 11.8 Å². The Morgan fingerprint density at radius 2 is 1.58 bits per heavy atom. The number of thioether (sulfide) groups is 1. The number of hydrogen-bond acceptors (Lipinski definition) is 6. The summed E-state index contributed by atoms with van der Waals surface area (Å²) in [6.45, 7) is 3.78. The molecule has 1 amide bonds. The van der Waals surface area contributed by atoms with Gasteiger partial charge >= 0.3 is 6.80 Å². The fourth-order valence-electron chi connectivity index (χ4n) is 0.780. The predicted octanol–water partition coefficient (Wildman–Crippen LogP) is 3.36. The molecule has 0 aliphatic rings. The molecule has 0 aromatic heterocycles. The molecular formula is C11H26NO4PS2. The van der Waals surface area contributed by atoms with Crippen LogP contribution in [0.3, 0.4) is 0 Å². The molecule has 0 aliphatic heterocycles. The second-order valence-corrected chi connectivity index (χ2v) is 8.97. The van der Waals surface area contributed by atoms with Gasteiger partial charge in [0.1, 0.15) is 0 Å². The Balaban J connectivity index is 0. The van der Waals surface area contributed by atoms with E-state index in [0.717, 1.165) is 23.7 Å². The summed E-state index contributed by atoms with van der Waals surface area (Å²) >= 11 is 3.14. The molecule has 0 N–H and O–H groups in total. The lowest BCUT2D eigenvalue weighted by Gasteiger charge is -2.15. The lowest BCUT2D eigenvalue weighted by Crippen LogP contribution is -2.06. The van der Waals surface area contributed by atoms with E-state index in [0.29, 0.717) is 13.2 Å². The highest BCUT2D eigenvalue weighted by Crippen LogP contribution is 2.60. The van der Waals surface area contributed by atoms with Gasteiger partial charge in [0, 0.05) is 25.6 Å². The number of carbonyl (C=O) groups is 1. The SMILES string of the molecule is CCOP(=O)(OCC)SCCSCC.CN(C)C=O. The summed E-state index contributed by atoms with van der Waals surface area (Å²) in [6, 6.07) is 0. The molecule has 0 atom stereocenters. The zero-order valence-electron chi connectivity index (χ0n) is 12.5. The van der Waals surface area contributed by atoms with Gasteiger partial charge in [0.2, 0.25) is 6.41 Å². The fraction of sp³-hybridized carbons (Fsp3) is 0.909. The third kappa shape index (κ3) is 16.3. The zero-order valence-corrected chi connectivity index (χ0v) is 15.0. The molecule has 0 heterocycles. The largest absolute Gasteiger partial charge is 0.389 e. The number of rotatable bonds is 10. The van der Waals surface area contributed by atoms with Crippen molar-refractivity contribution in [3.05, 3.63) is 0 Å². The van der Waals surface area contributed by atoms with Crippen LogP contribution in [0.15, 0.2) is 0 Å². The van der Waals surface area contributed by atoms with Crippen molar-refractivity contribution in [3.8, 4) is 0 Å². The summed E-state index contributed by atoms with van der Waals surface area (Å²) in [5, 5.41) is 0. The highest BCUT2D eigenvalue weighted by atomic mass is 32.7. The first-order valence-corrected chi connectivity index (χ1v) is 10.5. The average molecular weight is 331 g/mol. The van der Waals surface area contributed by atoms with Crippen molar-refractivity contribution in [1.82, 2.24) is 4.90 Å². The minimum atomic E-state index is -2.86. The summed E-state index contributed by atoms with van der Waals surface area (Å²) in [4.78, 5) is 10.9. The summed E-state index contributed by atoms with van der Waals surface area (Å²) in [5.74, 6) is 2.90. The molecule has 116 valence electrons. The minimum Gasteiger partial charge on any atom is -0.351 e. The van der Waals surface area contributed by atoms with Crippen molar-refractivity contribution in [3.63, 3.8) is 0 Å². The Hall–Kier alpha value is 0.320. The van der Waals surface area contributed by atoms with Gasteiger partial charge in [0.25, 0.3) is 0 Å². The van der Waals surface area contributed by atoms with Crippen molar-refractivity contribution in [2.24, 2.45) is 0 Å². The third-order valence-electron chi connectivity index (χ3n) is 1.47. The lowest BCUT2D eigenvalue weighted by atomic mass is 10.9. The maximum atomic E-state index is 11.9. The third-order valence-corrected chi connectivity index (χ3v) is 6.61. The smallest absolute Gasteiger partial charge is 0.351 e. The van der Waals surface area contributed by atoms with E-state index < -0.39 is 6.80 Å². The van der Waals surface area contributed by atoms with Crippen LogP contribution in [-0.2, 0) is 18.4 Å². The van der Waals surface area contributed by atoms with Crippen molar-refractivity contribution >= 4 is 36.4 Å².